The molecule has 2 unspecified atom stereocenters. The summed E-state index contributed by atoms with van der Waals surface area (Å²) in [7, 11) is 0. The molecule has 0 aromatic heterocycles. The van der Waals surface area contributed by atoms with E-state index in [1.807, 2.05) is 51.1 Å². The van der Waals surface area contributed by atoms with Crippen LogP contribution in [-0.2, 0) is 35.1 Å². The summed E-state index contributed by atoms with van der Waals surface area (Å²) in [5, 5.41) is 0. The van der Waals surface area contributed by atoms with Crippen molar-refractivity contribution in [1.29, 1.82) is 0 Å². The van der Waals surface area contributed by atoms with Crippen molar-refractivity contribution in [3.05, 3.63) is 35.9 Å². The third kappa shape index (κ3) is 4.20. The van der Waals surface area contributed by atoms with Gasteiger partial charge in [-0.15, -0.1) is 0 Å². The number of hydrogen-bond acceptors (Lipinski definition) is 6. The van der Waals surface area contributed by atoms with Gasteiger partial charge in [-0.2, -0.15) is 0 Å². The molecule has 2 saturated heterocycles. The van der Waals surface area contributed by atoms with Crippen LogP contribution in [0.3, 0.4) is 0 Å². The minimum Gasteiger partial charge on any atom is -0.460 e. The second-order valence-electron chi connectivity index (χ2n) is 6.89. The Kier molecular flexibility index (Phi) is 5.43. The Morgan fingerprint density at radius 2 is 1.96 bits per heavy atom. The molecular weight excluding hydrogens is 324 g/mol. The Morgan fingerprint density at radius 1 is 1.24 bits per heavy atom. The summed E-state index contributed by atoms with van der Waals surface area (Å²) in [5.41, 5.74) is 1.06. The molecule has 5 atom stereocenters. The van der Waals surface area contributed by atoms with Crippen molar-refractivity contribution in [1.82, 2.24) is 0 Å². The van der Waals surface area contributed by atoms with Crippen LogP contribution in [0.2, 0.25) is 0 Å². The average Bonchev–Trinajstić information content (AvgIpc) is 3.03. The van der Waals surface area contributed by atoms with Gasteiger partial charge in [-0.05, 0) is 25.8 Å². The number of rotatable bonds is 6. The summed E-state index contributed by atoms with van der Waals surface area (Å²) in [6.07, 6.45) is -1.46. The van der Waals surface area contributed by atoms with Crippen LogP contribution in [-0.4, -0.2) is 42.5 Å². The van der Waals surface area contributed by atoms with E-state index >= 15 is 0 Å². The quantitative estimate of drug-likeness (QED) is 0.735. The molecule has 2 fully saturated rings. The first kappa shape index (κ1) is 18.3. The third-order valence-electron chi connectivity index (χ3n) is 4.40. The van der Waals surface area contributed by atoms with Crippen molar-refractivity contribution in [3.8, 4) is 0 Å². The zero-order chi connectivity index (χ0) is 18.0. The maximum atomic E-state index is 11.4. The normalized spacial score (nSPS) is 31.5. The summed E-state index contributed by atoms with van der Waals surface area (Å²) in [5.74, 6) is -1.06. The van der Waals surface area contributed by atoms with Crippen molar-refractivity contribution < 1.29 is 28.5 Å². The highest BCUT2D eigenvalue weighted by Crippen LogP contribution is 2.40. The molecule has 0 bridgehead atoms. The van der Waals surface area contributed by atoms with Gasteiger partial charge in [-0.3, -0.25) is 4.79 Å². The summed E-state index contributed by atoms with van der Waals surface area (Å²) < 4.78 is 29.4. The maximum absolute atomic E-state index is 11.4. The number of hydrogen-bond donors (Lipinski definition) is 0. The molecule has 0 radical (unpaired) electrons. The molecule has 6 heteroatoms. The van der Waals surface area contributed by atoms with Gasteiger partial charge in [0.2, 0.25) is 0 Å². The molecule has 0 N–H and O–H groups in total. The highest BCUT2D eigenvalue weighted by Gasteiger charge is 2.57. The first-order valence-corrected chi connectivity index (χ1v) is 8.73. The van der Waals surface area contributed by atoms with Gasteiger partial charge in [-0.25, -0.2) is 0 Å². The molecule has 2 heterocycles. The molecular formula is C19H26O6. The minimum atomic E-state index is -0.724. The van der Waals surface area contributed by atoms with E-state index in [0.717, 1.165) is 5.56 Å². The zero-order valence-corrected chi connectivity index (χ0v) is 15.1. The Hall–Kier alpha value is -1.47. The van der Waals surface area contributed by atoms with Crippen LogP contribution in [0.4, 0.5) is 0 Å². The summed E-state index contributed by atoms with van der Waals surface area (Å²) in [6, 6.07) is 9.90. The molecule has 1 aromatic carbocycles. The van der Waals surface area contributed by atoms with Gasteiger partial charge in [0.25, 0.3) is 0 Å². The second-order valence-corrected chi connectivity index (χ2v) is 6.89. The van der Waals surface area contributed by atoms with Crippen molar-refractivity contribution in [2.45, 2.75) is 77.2 Å². The Bertz CT molecular complexity index is 587. The Morgan fingerprint density at radius 3 is 2.60 bits per heavy atom. The van der Waals surface area contributed by atoms with E-state index in [9.17, 15) is 4.79 Å². The van der Waals surface area contributed by atoms with E-state index in [-0.39, 0.29) is 18.2 Å². The monoisotopic (exact) mass is 350 g/mol. The van der Waals surface area contributed by atoms with E-state index in [1.165, 1.54) is 6.92 Å². The van der Waals surface area contributed by atoms with Crippen molar-refractivity contribution in [2.75, 3.05) is 0 Å². The van der Waals surface area contributed by atoms with Gasteiger partial charge in [0.15, 0.2) is 12.1 Å². The average molecular weight is 350 g/mol. The molecule has 1 aromatic rings. The van der Waals surface area contributed by atoms with Crippen molar-refractivity contribution in [3.63, 3.8) is 0 Å². The first-order chi connectivity index (χ1) is 11.9. The van der Waals surface area contributed by atoms with Gasteiger partial charge in [-0.1, -0.05) is 37.3 Å². The van der Waals surface area contributed by atoms with Crippen molar-refractivity contribution in [2.24, 2.45) is 0 Å². The molecule has 25 heavy (non-hydrogen) atoms. The zero-order valence-electron chi connectivity index (χ0n) is 15.1. The Balaban J connectivity index is 1.75. The van der Waals surface area contributed by atoms with Gasteiger partial charge in [0.05, 0.1) is 6.61 Å². The lowest BCUT2D eigenvalue weighted by molar-refractivity contribution is -0.233. The fourth-order valence-corrected chi connectivity index (χ4v) is 3.36. The summed E-state index contributed by atoms with van der Waals surface area (Å²) in [6.45, 7) is 7.47. The highest BCUT2D eigenvalue weighted by atomic mass is 16.8. The lowest BCUT2D eigenvalue weighted by atomic mass is 10.0. The minimum absolute atomic E-state index is 0.337. The van der Waals surface area contributed by atoms with Crippen LogP contribution < -0.4 is 0 Å². The maximum Gasteiger partial charge on any atom is 0.302 e. The molecule has 138 valence electrons. The highest BCUT2D eigenvalue weighted by molar-refractivity contribution is 5.66. The van der Waals surface area contributed by atoms with E-state index < -0.39 is 24.3 Å². The SMILES string of the molecule is CCC(OC(C)=O)[C@H]1O[C@@H]2OC(C)(C)O[C@H]2C1OCc1ccccc1. The van der Waals surface area contributed by atoms with E-state index in [0.29, 0.717) is 13.0 Å². The lowest BCUT2D eigenvalue weighted by Gasteiger charge is -2.30. The molecule has 3 rings (SSSR count). The van der Waals surface area contributed by atoms with Gasteiger partial charge < -0.3 is 23.7 Å². The summed E-state index contributed by atoms with van der Waals surface area (Å²) in [4.78, 5) is 11.4. The number of ether oxygens (including phenoxy) is 5. The third-order valence-corrected chi connectivity index (χ3v) is 4.40. The van der Waals surface area contributed by atoms with E-state index in [2.05, 4.69) is 0 Å². The van der Waals surface area contributed by atoms with E-state index in [4.69, 9.17) is 23.7 Å². The van der Waals surface area contributed by atoms with E-state index in [1.54, 1.807) is 0 Å². The molecule has 0 aliphatic carbocycles. The molecule has 0 saturated carbocycles. The summed E-state index contributed by atoms with van der Waals surface area (Å²) >= 11 is 0. The number of fused-ring (bicyclic) bond motifs is 1. The number of carbonyl (C=O) groups is 1. The predicted octanol–water partition coefficient (Wildman–Crippen LogP) is 2.79. The fourth-order valence-electron chi connectivity index (χ4n) is 3.36. The topological polar surface area (TPSA) is 63.2 Å². The number of benzene rings is 1. The molecule has 0 amide bonds. The lowest BCUT2D eigenvalue weighted by Crippen LogP contribution is -2.44. The van der Waals surface area contributed by atoms with Crippen LogP contribution in [0, 0.1) is 0 Å². The van der Waals surface area contributed by atoms with Crippen LogP contribution in [0.15, 0.2) is 30.3 Å². The standard InChI is InChI=1S/C19H26O6/c1-5-14(22-12(2)20)15-16(21-11-13-9-7-6-8-10-13)17-18(23-15)25-19(3,4)24-17/h6-10,14-18H,5,11H2,1-4H3/t14?,15-,16?,17+,18-/m1/s1. The number of esters is 1. The second kappa shape index (κ2) is 7.41. The molecule has 2 aliphatic heterocycles. The van der Waals surface area contributed by atoms with Gasteiger partial charge in [0.1, 0.15) is 24.4 Å². The fraction of sp³-hybridized carbons (Fsp3) is 0.632. The molecule has 0 spiro atoms. The number of carbonyl (C=O) groups excluding carboxylic acids is 1. The largest absolute Gasteiger partial charge is 0.460 e. The Labute approximate surface area is 148 Å². The van der Waals surface area contributed by atoms with Gasteiger partial charge in [0, 0.05) is 6.92 Å². The molecule has 6 nitrogen and oxygen atoms in total. The van der Waals surface area contributed by atoms with Crippen LogP contribution >= 0.6 is 0 Å². The van der Waals surface area contributed by atoms with Crippen LogP contribution in [0.1, 0.15) is 39.7 Å². The van der Waals surface area contributed by atoms with Gasteiger partial charge >= 0.3 is 5.97 Å². The first-order valence-electron chi connectivity index (χ1n) is 8.73. The molecule has 2 aliphatic rings. The predicted molar refractivity (Wildman–Crippen MR) is 89.6 cm³/mol. The van der Waals surface area contributed by atoms with Crippen LogP contribution in [0.25, 0.3) is 0 Å². The van der Waals surface area contributed by atoms with Crippen molar-refractivity contribution >= 4 is 5.97 Å². The smallest absolute Gasteiger partial charge is 0.302 e. The van der Waals surface area contributed by atoms with Crippen LogP contribution in [0.5, 0.6) is 0 Å².